The van der Waals surface area contributed by atoms with Crippen molar-refractivity contribution in [3.63, 3.8) is 0 Å². The van der Waals surface area contributed by atoms with Gasteiger partial charge in [-0.05, 0) is 42.6 Å². The number of aliphatic carboxylic acids is 1. The van der Waals surface area contributed by atoms with Gasteiger partial charge in [-0.2, -0.15) is 0 Å². The smallest absolute Gasteiger partial charge is 0.307 e. The SMILES string of the molecule is O=C(O)C1CC2(CC2)CC1c1ccccc1. The monoisotopic (exact) mass is 216 g/mol. The highest BCUT2D eigenvalue weighted by Crippen LogP contribution is 2.63. The normalized spacial score (nSPS) is 30.5. The molecule has 0 amide bonds. The molecule has 1 aromatic rings. The van der Waals surface area contributed by atoms with Gasteiger partial charge in [0.2, 0.25) is 0 Å². The highest BCUT2D eigenvalue weighted by molar-refractivity contribution is 5.72. The fourth-order valence-electron chi connectivity index (χ4n) is 3.20. The van der Waals surface area contributed by atoms with E-state index in [0.29, 0.717) is 5.41 Å². The average Bonchev–Trinajstić information content (AvgIpc) is 2.91. The third kappa shape index (κ3) is 1.53. The van der Waals surface area contributed by atoms with Crippen LogP contribution in [0.25, 0.3) is 0 Å². The summed E-state index contributed by atoms with van der Waals surface area (Å²) in [5.41, 5.74) is 1.60. The molecule has 84 valence electrons. The van der Waals surface area contributed by atoms with Gasteiger partial charge in [-0.1, -0.05) is 30.3 Å². The van der Waals surface area contributed by atoms with E-state index < -0.39 is 5.97 Å². The molecule has 2 heteroatoms. The maximum absolute atomic E-state index is 11.3. The lowest BCUT2D eigenvalue weighted by Gasteiger charge is -2.15. The second kappa shape index (κ2) is 3.34. The van der Waals surface area contributed by atoms with E-state index in [0.717, 1.165) is 12.8 Å². The summed E-state index contributed by atoms with van der Waals surface area (Å²) in [5, 5.41) is 9.30. The Morgan fingerprint density at radius 2 is 1.88 bits per heavy atom. The summed E-state index contributed by atoms with van der Waals surface area (Å²) in [6, 6.07) is 10.1. The standard InChI is InChI=1S/C14H16O2/c15-13(16)12-9-14(6-7-14)8-11(12)10-4-2-1-3-5-10/h1-5,11-12H,6-9H2,(H,15,16). The van der Waals surface area contributed by atoms with Crippen LogP contribution in [0.15, 0.2) is 30.3 Å². The first-order valence-corrected chi connectivity index (χ1v) is 5.98. The Morgan fingerprint density at radius 3 is 2.44 bits per heavy atom. The van der Waals surface area contributed by atoms with Crippen molar-refractivity contribution in [1.82, 2.24) is 0 Å². The zero-order valence-electron chi connectivity index (χ0n) is 9.23. The number of carboxylic acid groups (broad SMARTS) is 1. The molecule has 16 heavy (non-hydrogen) atoms. The van der Waals surface area contributed by atoms with Crippen molar-refractivity contribution < 1.29 is 9.90 Å². The Hall–Kier alpha value is -1.31. The average molecular weight is 216 g/mol. The second-order valence-corrected chi connectivity index (χ2v) is 5.37. The summed E-state index contributed by atoms with van der Waals surface area (Å²) in [6.07, 6.45) is 4.44. The van der Waals surface area contributed by atoms with Crippen LogP contribution >= 0.6 is 0 Å². The number of carbonyl (C=O) groups is 1. The van der Waals surface area contributed by atoms with Crippen LogP contribution in [-0.2, 0) is 4.79 Å². The molecule has 2 aliphatic rings. The van der Waals surface area contributed by atoms with E-state index >= 15 is 0 Å². The maximum atomic E-state index is 11.3. The Balaban J connectivity index is 1.90. The lowest BCUT2D eigenvalue weighted by Crippen LogP contribution is -2.16. The van der Waals surface area contributed by atoms with Crippen molar-refractivity contribution in [3.8, 4) is 0 Å². The van der Waals surface area contributed by atoms with Crippen LogP contribution in [0.5, 0.6) is 0 Å². The molecule has 2 atom stereocenters. The number of carboxylic acids is 1. The van der Waals surface area contributed by atoms with Crippen LogP contribution in [0, 0.1) is 11.3 Å². The summed E-state index contributed by atoms with van der Waals surface area (Å²) >= 11 is 0. The van der Waals surface area contributed by atoms with Gasteiger partial charge in [-0.3, -0.25) is 4.79 Å². The van der Waals surface area contributed by atoms with E-state index in [4.69, 9.17) is 0 Å². The van der Waals surface area contributed by atoms with E-state index in [2.05, 4.69) is 12.1 Å². The largest absolute Gasteiger partial charge is 0.481 e. The predicted molar refractivity (Wildman–Crippen MR) is 61.2 cm³/mol. The number of rotatable bonds is 2. The molecule has 0 heterocycles. The van der Waals surface area contributed by atoms with Gasteiger partial charge >= 0.3 is 5.97 Å². The molecule has 2 unspecified atom stereocenters. The molecule has 0 aliphatic heterocycles. The van der Waals surface area contributed by atoms with Crippen molar-refractivity contribution in [2.75, 3.05) is 0 Å². The summed E-state index contributed by atoms with van der Waals surface area (Å²) in [6.45, 7) is 0. The quantitative estimate of drug-likeness (QED) is 0.825. The molecule has 1 spiro atoms. The molecular weight excluding hydrogens is 200 g/mol. The molecule has 2 saturated carbocycles. The van der Waals surface area contributed by atoms with Gasteiger partial charge in [-0.25, -0.2) is 0 Å². The molecule has 1 N–H and O–H groups in total. The first-order chi connectivity index (χ1) is 7.70. The third-order valence-corrected chi connectivity index (χ3v) is 4.29. The minimum absolute atomic E-state index is 0.162. The molecule has 2 nitrogen and oxygen atoms in total. The summed E-state index contributed by atoms with van der Waals surface area (Å²) in [4.78, 5) is 11.3. The third-order valence-electron chi connectivity index (χ3n) is 4.29. The van der Waals surface area contributed by atoms with Crippen molar-refractivity contribution in [3.05, 3.63) is 35.9 Å². The van der Waals surface area contributed by atoms with E-state index in [1.165, 1.54) is 18.4 Å². The number of hydrogen-bond acceptors (Lipinski definition) is 1. The van der Waals surface area contributed by atoms with Gasteiger partial charge in [-0.15, -0.1) is 0 Å². The van der Waals surface area contributed by atoms with Crippen LogP contribution in [0.4, 0.5) is 0 Å². The molecule has 3 rings (SSSR count). The molecule has 0 saturated heterocycles. The molecule has 0 bridgehead atoms. The van der Waals surface area contributed by atoms with Gasteiger partial charge in [0, 0.05) is 0 Å². The fraction of sp³-hybridized carbons (Fsp3) is 0.500. The first kappa shape index (κ1) is 9.88. The van der Waals surface area contributed by atoms with Crippen LogP contribution in [0.1, 0.15) is 37.2 Å². The maximum Gasteiger partial charge on any atom is 0.307 e. The van der Waals surface area contributed by atoms with Crippen LogP contribution in [-0.4, -0.2) is 11.1 Å². The Morgan fingerprint density at radius 1 is 1.19 bits per heavy atom. The van der Waals surface area contributed by atoms with E-state index in [9.17, 15) is 9.90 Å². The molecule has 1 aromatic carbocycles. The topological polar surface area (TPSA) is 37.3 Å². The van der Waals surface area contributed by atoms with Crippen LogP contribution in [0.2, 0.25) is 0 Å². The number of benzene rings is 1. The van der Waals surface area contributed by atoms with Crippen LogP contribution in [0.3, 0.4) is 0 Å². The molecule has 2 aliphatic carbocycles. The lowest BCUT2D eigenvalue weighted by atomic mass is 9.89. The summed E-state index contributed by atoms with van der Waals surface area (Å²) in [5.74, 6) is -0.538. The highest BCUT2D eigenvalue weighted by atomic mass is 16.4. The lowest BCUT2D eigenvalue weighted by molar-refractivity contribution is -0.142. The van der Waals surface area contributed by atoms with E-state index in [1.54, 1.807) is 0 Å². The summed E-state index contributed by atoms with van der Waals surface area (Å²) in [7, 11) is 0. The van der Waals surface area contributed by atoms with Gasteiger partial charge in [0.1, 0.15) is 0 Å². The van der Waals surface area contributed by atoms with Crippen molar-refractivity contribution in [2.24, 2.45) is 11.3 Å². The van der Waals surface area contributed by atoms with E-state index in [1.807, 2.05) is 18.2 Å². The Bertz CT molecular complexity index is 406. The Labute approximate surface area is 95.3 Å². The van der Waals surface area contributed by atoms with E-state index in [-0.39, 0.29) is 11.8 Å². The number of hydrogen-bond donors (Lipinski definition) is 1. The van der Waals surface area contributed by atoms with Gasteiger partial charge in [0.05, 0.1) is 5.92 Å². The summed E-state index contributed by atoms with van der Waals surface area (Å²) < 4.78 is 0. The van der Waals surface area contributed by atoms with Gasteiger partial charge < -0.3 is 5.11 Å². The minimum Gasteiger partial charge on any atom is -0.481 e. The van der Waals surface area contributed by atoms with Gasteiger partial charge in [0.15, 0.2) is 0 Å². The first-order valence-electron chi connectivity index (χ1n) is 5.98. The predicted octanol–water partition coefficient (Wildman–Crippen LogP) is 3.05. The highest BCUT2D eigenvalue weighted by Gasteiger charge is 2.54. The van der Waals surface area contributed by atoms with Crippen molar-refractivity contribution >= 4 is 5.97 Å². The molecule has 2 fully saturated rings. The van der Waals surface area contributed by atoms with Crippen molar-refractivity contribution in [1.29, 1.82) is 0 Å². The second-order valence-electron chi connectivity index (χ2n) is 5.37. The van der Waals surface area contributed by atoms with Crippen LogP contribution < -0.4 is 0 Å². The Kier molecular flexibility index (Phi) is 2.06. The molecule has 0 aromatic heterocycles. The fourth-order valence-corrected chi connectivity index (χ4v) is 3.20. The zero-order valence-corrected chi connectivity index (χ0v) is 9.23. The van der Waals surface area contributed by atoms with Gasteiger partial charge in [0.25, 0.3) is 0 Å². The molecular formula is C14H16O2. The minimum atomic E-state index is -0.613. The zero-order chi connectivity index (χ0) is 11.2. The molecule has 0 radical (unpaired) electrons. The van der Waals surface area contributed by atoms with Crippen molar-refractivity contribution in [2.45, 2.75) is 31.6 Å².